The standard InChI is InChI=1S/C29H31N7O4/c1-29(2,3)27-33-25(17-15-31-36(4)16-17)26(34-27)35-28(37)32-18-7-9-19(10-8-18)40-22-11-12-30-21-14-24(39-6)23(38-5)13-20(21)22/h7-16H,1-6H3,(H,33,34)(H2,32,35,37). The number of urea groups is 1. The van der Waals surface area contributed by atoms with Crippen LogP contribution < -0.4 is 24.8 Å². The van der Waals surface area contributed by atoms with E-state index in [2.05, 4.69) is 51.5 Å². The topological polar surface area (TPSA) is 128 Å². The number of benzene rings is 2. The Morgan fingerprint density at radius 2 is 1.70 bits per heavy atom. The van der Waals surface area contributed by atoms with E-state index >= 15 is 0 Å². The molecule has 3 N–H and O–H groups in total. The van der Waals surface area contributed by atoms with Crippen molar-refractivity contribution >= 4 is 28.4 Å². The predicted octanol–water partition coefficient (Wildman–Crippen LogP) is 6.11. The number of aryl methyl sites for hydroxylation is 1. The average molecular weight is 542 g/mol. The quantitative estimate of drug-likeness (QED) is 0.227. The SMILES string of the molecule is COc1cc2nccc(Oc3ccc(NC(=O)Nc4nc(C(C)(C)C)[nH]c4-c4cnn(C)c4)cc3)c2cc1OC. The maximum Gasteiger partial charge on any atom is 0.324 e. The van der Waals surface area contributed by atoms with Gasteiger partial charge in [0.05, 0.1) is 31.6 Å². The molecule has 0 aliphatic rings. The molecule has 0 aliphatic heterocycles. The number of aromatic amines is 1. The number of hydrogen-bond acceptors (Lipinski definition) is 7. The summed E-state index contributed by atoms with van der Waals surface area (Å²) in [5.74, 6) is 3.55. The van der Waals surface area contributed by atoms with Gasteiger partial charge in [-0.3, -0.25) is 15.0 Å². The summed E-state index contributed by atoms with van der Waals surface area (Å²) in [6, 6.07) is 12.1. The summed E-state index contributed by atoms with van der Waals surface area (Å²) >= 11 is 0. The molecule has 0 aliphatic carbocycles. The molecule has 11 heteroatoms. The van der Waals surface area contributed by atoms with Crippen LogP contribution in [0.1, 0.15) is 26.6 Å². The summed E-state index contributed by atoms with van der Waals surface area (Å²) in [7, 11) is 5.00. The Morgan fingerprint density at radius 3 is 2.35 bits per heavy atom. The number of pyridine rings is 1. The third-order valence-electron chi connectivity index (χ3n) is 6.19. The number of nitrogens with zero attached hydrogens (tertiary/aromatic N) is 4. The van der Waals surface area contributed by atoms with Crippen LogP contribution in [0.4, 0.5) is 16.3 Å². The minimum Gasteiger partial charge on any atom is -0.493 e. The first-order chi connectivity index (χ1) is 19.1. The van der Waals surface area contributed by atoms with Crippen LogP contribution in [0.2, 0.25) is 0 Å². The van der Waals surface area contributed by atoms with E-state index in [1.165, 1.54) is 0 Å². The lowest BCUT2D eigenvalue weighted by Gasteiger charge is -2.14. The van der Waals surface area contributed by atoms with Gasteiger partial charge in [0.25, 0.3) is 0 Å². The summed E-state index contributed by atoms with van der Waals surface area (Å²) in [5, 5.41) is 10.7. The number of amides is 2. The second-order valence-electron chi connectivity index (χ2n) is 10.2. The van der Waals surface area contributed by atoms with Crippen LogP contribution in [-0.2, 0) is 12.5 Å². The second-order valence-corrected chi connectivity index (χ2v) is 10.2. The molecule has 2 amide bonds. The molecule has 0 radical (unpaired) electrons. The molecule has 40 heavy (non-hydrogen) atoms. The molecule has 3 aromatic heterocycles. The zero-order valence-corrected chi connectivity index (χ0v) is 23.2. The van der Waals surface area contributed by atoms with Gasteiger partial charge in [-0.15, -0.1) is 0 Å². The number of nitrogens with one attached hydrogen (secondary N) is 3. The lowest BCUT2D eigenvalue weighted by Crippen LogP contribution is -2.20. The van der Waals surface area contributed by atoms with E-state index in [-0.39, 0.29) is 5.41 Å². The van der Waals surface area contributed by atoms with E-state index in [1.807, 2.05) is 19.3 Å². The predicted molar refractivity (Wildman–Crippen MR) is 153 cm³/mol. The number of hydrogen-bond donors (Lipinski definition) is 3. The summed E-state index contributed by atoms with van der Waals surface area (Å²) < 4.78 is 18.6. The smallest absolute Gasteiger partial charge is 0.324 e. The number of H-pyrrole nitrogens is 1. The molecular formula is C29H31N7O4. The van der Waals surface area contributed by atoms with E-state index in [0.29, 0.717) is 45.7 Å². The van der Waals surface area contributed by atoms with Crippen molar-refractivity contribution in [3.8, 4) is 34.3 Å². The maximum atomic E-state index is 12.9. The largest absolute Gasteiger partial charge is 0.493 e. The molecule has 0 atom stereocenters. The van der Waals surface area contributed by atoms with Gasteiger partial charge in [-0.2, -0.15) is 5.10 Å². The molecular weight excluding hydrogens is 510 g/mol. The number of carbonyl (C=O) groups is 1. The van der Waals surface area contributed by atoms with Crippen LogP contribution in [0.15, 0.2) is 61.1 Å². The molecule has 206 valence electrons. The number of rotatable bonds is 7. The Labute approximate surface area is 231 Å². The Kier molecular flexibility index (Phi) is 7.03. The lowest BCUT2D eigenvalue weighted by atomic mass is 9.96. The number of ether oxygens (including phenoxy) is 3. The Morgan fingerprint density at radius 1 is 0.975 bits per heavy atom. The molecule has 0 saturated carbocycles. The second kappa shape index (κ2) is 10.6. The van der Waals surface area contributed by atoms with Crippen molar-refractivity contribution in [3.05, 3.63) is 66.9 Å². The van der Waals surface area contributed by atoms with Gasteiger partial charge in [-0.05, 0) is 36.4 Å². The van der Waals surface area contributed by atoms with E-state index in [1.54, 1.807) is 67.7 Å². The van der Waals surface area contributed by atoms with Crippen LogP contribution in [0.5, 0.6) is 23.0 Å². The van der Waals surface area contributed by atoms with Crippen molar-refractivity contribution in [1.29, 1.82) is 0 Å². The van der Waals surface area contributed by atoms with Gasteiger partial charge in [0.15, 0.2) is 17.3 Å². The molecule has 3 heterocycles. The number of methoxy groups -OCH3 is 2. The van der Waals surface area contributed by atoms with Crippen LogP contribution >= 0.6 is 0 Å². The van der Waals surface area contributed by atoms with Gasteiger partial charge in [0.2, 0.25) is 0 Å². The van der Waals surface area contributed by atoms with Crippen molar-refractivity contribution in [2.45, 2.75) is 26.2 Å². The maximum absolute atomic E-state index is 12.9. The zero-order chi connectivity index (χ0) is 28.4. The number of aromatic nitrogens is 5. The number of carbonyl (C=O) groups excluding carboxylic acids is 1. The molecule has 0 bridgehead atoms. The summed E-state index contributed by atoms with van der Waals surface area (Å²) in [6.45, 7) is 6.15. The molecule has 11 nitrogen and oxygen atoms in total. The first kappa shape index (κ1) is 26.5. The number of imidazole rings is 1. The highest BCUT2D eigenvalue weighted by Crippen LogP contribution is 2.37. The fourth-order valence-electron chi connectivity index (χ4n) is 4.12. The van der Waals surface area contributed by atoms with E-state index in [4.69, 9.17) is 14.2 Å². The van der Waals surface area contributed by atoms with Gasteiger partial charge < -0.3 is 24.5 Å². The Bertz CT molecular complexity index is 1670. The normalized spacial score (nSPS) is 11.3. The van der Waals surface area contributed by atoms with Crippen LogP contribution in [0.25, 0.3) is 22.2 Å². The van der Waals surface area contributed by atoms with E-state index in [9.17, 15) is 4.79 Å². The van der Waals surface area contributed by atoms with Crippen LogP contribution in [0, 0.1) is 0 Å². The first-order valence-electron chi connectivity index (χ1n) is 12.6. The summed E-state index contributed by atoms with van der Waals surface area (Å²) in [5.41, 5.74) is 2.58. The van der Waals surface area contributed by atoms with Crippen molar-refractivity contribution in [2.75, 3.05) is 24.9 Å². The van der Waals surface area contributed by atoms with Gasteiger partial charge in [0.1, 0.15) is 17.3 Å². The van der Waals surface area contributed by atoms with Gasteiger partial charge in [-0.1, -0.05) is 20.8 Å². The van der Waals surface area contributed by atoms with Crippen LogP contribution in [-0.4, -0.2) is 45.0 Å². The fraction of sp³-hybridized carbons (Fsp3) is 0.241. The highest BCUT2D eigenvalue weighted by molar-refractivity contribution is 6.01. The van der Waals surface area contributed by atoms with Crippen molar-refractivity contribution in [3.63, 3.8) is 0 Å². The van der Waals surface area contributed by atoms with Crippen molar-refractivity contribution < 1.29 is 19.0 Å². The summed E-state index contributed by atoms with van der Waals surface area (Å²) in [6.07, 6.45) is 5.25. The summed E-state index contributed by atoms with van der Waals surface area (Å²) in [4.78, 5) is 25.3. The highest BCUT2D eigenvalue weighted by atomic mass is 16.5. The van der Waals surface area contributed by atoms with Crippen LogP contribution in [0.3, 0.4) is 0 Å². The van der Waals surface area contributed by atoms with Gasteiger partial charge in [0, 0.05) is 47.6 Å². The minimum absolute atomic E-state index is 0.236. The molecule has 0 saturated heterocycles. The van der Waals surface area contributed by atoms with Crippen molar-refractivity contribution in [1.82, 2.24) is 24.7 Å². The Hall–Kier alpha value is -5.06. The average Bonchev–Trinajstić information content (AvgIpc) is 3.55. The molecule has 5 rings (SSSR count). The van der Waals surface area contributed by atoms with Gasteiger partial charge in [-0.25, -0.2) is 9.78 Å². The van der Waals surface area contributed by atoms with Crippen molar-refractivity contribution in [2.24, 2.45) is 7.05 Å². The first-order valence-corrected chi connectivity index (χ1v) is 12.6. The Balaban J connectivity index is 1.31. The zero-order valence-electron chi connectivity index (χ0n) is 23.2. The molecule has 0 fully saturated rings. The van der Waals surface area contributed by atoms with E-state index < -0.39 is 6.03 Å². The van der Waals surface area contributed by atoms with Gasteiger partial charge >= 0.3 is 6.03 Å². The number of anilines is 2. The monoisotopic (exact) mass is 541 g/mol. The molecule has 0 unspecified atom stereocenters. The molecule has 0 spiro atoms. The molecule has 2 aromatic carbocycles. The third kappa shape index (κ3) is 5.53. The fourth-order valence-corrected chi connectivity index (χ4v) is 4.12. The lowest BCUT2D eigenvalue weighted by molar-refractivity contribution is 0.262. The minimum atomic E-state index is -0.424. The highest BCUT2D eigenvalue weighted by Gasteiger charge is 2.23. The third-order valence-corrected chi connectivity index (χ3v) is 6.19. The number of fused-ring (bicyclic) bond motifs is 1. The van der Waals surface area contributed by atoms with E-state index in [0.717, 1.165) is 16.8 Å². The molecule has 5 aromatic rings.